The molecule has 2 aromatic carbocycles. The summed E-state index contributed by atoms with van der Waals surface area (Å²) in [5.41, 5.74) is 3.65. The standard InChI is InChI=1S/C20H24N2O2/c1-2-24-19-9-7-18(8-10-19)21-13-11-20(23)22-14-12-16-5-3-4-6-17(16)15-22/h3-10,21H,2,11-15H2,1H3. The molecule has 1 amide bonds. The van der Waals surface area contributed by atoms with Crippen LogP contribution in [0.5, 0.6) is 5.75 Å². The van der Waals surface area contributed by atoms with E-state index in [1.165, 1.54) is 11.1 Å². The van der Waals surface area contributed by atoms with Crippen LogP contribution in [0.2, 0.25) is 0 Å². The number of nitrogens with one attached hydrogen (secondary N) is 1. The lowest BCUT2D eigenvalue weighted by molar-refractivity contribution is -0.131. The van der Waals surface area contributed by atoms with E-state index in [2.05, 4.69) is 23.5 Å². The minimum absolute atomic E-state index is 0.211. The molecule has 0 saturated heterocycles. The molecule has 1 aliphatic heterocycles. The predicted octanol–water partition coefficient (Wildman–Crippen LogP) is 3.47. The third kappa shape index (κ3) is 4.07. The second-order valence-electron chi connectivity index (χ2n) is 5.97. The zero-order valence-electron chi connectivity index (χ0n) is 14.1. The van der Waals surface area contributed by atoms with Gasteiger partial charge in [-0.1, -0.05) is 24.3 Å². The Morgan fingerprint density at radius 1 is 1.12 bits per heavy atom. The summed E-state index contributed by atoms with van der Waals surface area (Å²) in [6.45, 7) is 4.83. The van der Waals surface area contributed by atoms with Crippen LogP contribution >= 0.6 is 0 Å². The van der Waals surface area contributed by atoms with E-state index in [1.54, 1.807) is 0 Å². The fraction of sp³-hybridized carbons (Fsp3) is 0.350. The van der Waals surface area contributed by atoms with Gasteiger partial charge in [-0.2, -0.15) is 0 Å². The van der Waals surface area contributed by atoms with E-state index in [-0.39, 0.29) is 5.91 Å². The lowest BCUT2D eigenvalue weighted by Gasteiger charge is -2.29. The average molecular weight is 324 g/mol. The van der Waals surface area contributed by atoms with Gasteiger partial charge in [0.25, 0.3) is 0 Å². The Morgan fingerprint density at radius 2 is 1.88 bits per heavy atom. The van der Waals surface area contributed by atoms with Gasteiger partial charge in [-0.25, -0.2) is 0 Å². The molecule has 0 radical (unpaired) electrons. The smallest absolute Gasteiger partial charge is 0.224 e. The molecule has 1 aliphatic rings. The summed E-state index contributed by atoms with van der Waals surface area (Å²) in [6.07, 6.45) is 1.46. The zero-order valence-corrected chi connectivity index (χ0v) is 14.1. The quantitative estimate of drug-likeness (QED) is 0.884. The number of carbonyl (C=O) groups is 1. The first kappa shape index (κ1) is 16.4. The summed E-state index contributed by atoms with van der Waals surface area (Å²) >= 11 is 0. The molecule has 24 heavy (non-hydrogen) atoms. The van der Waals surface area contributed by atoms with Gasteiger partial charge < -0.3 is 15.0 Å². The van der Waals surface area contributed by atoms with Gasteiger partial charge in [0, 0.05) is 31.7 Å². The second kappa shape index (κ2) is 7.86. The van der Waals surface area contributed by atoms with Crippen LogP contribution in [0.15, 0.2) is 48.5 Å². The van der Waals surface area contributed by atoms with E-state index in [1.807, 2.05) is 42.2 Å². The first-order valence-electron chi connectivity index (χ1n) is 8.57. The van der Waals surface area contributed by atoms with E-state index in [0.717, 1.165) is 30.9 Å². The van der Waals surface area contributed by atoms with Gasteiger partial charge in [0.1, 0.15) is 5.75 Å². The average Bonchev–Trinajstić information content (AvgIpc) is 2.63. The van der Waals surface area contributed by atoms with Crippen LogP contribution in [-0.2, 0) is 17.8 Å². The molecule has 0 bridgehead atoms. The van der Waals surface area contributed by atoms with Gasteiger partial charge in [0.15, 0.2) is 0 Å². The zero-order chi connectivity index (χ0) is 16.8. The molecular weight excluding hydrogens is 300 g/mol. The molecule has 1 N–H and O–H groups in total. The van der Waals surface area contributed by atoms with E-state index in [4.69, 9.17) is 4.74 Å². The highest BCUT2D eigenvalue weighted by Gasteiger charge is 2.19. The Balaban J connectivity index is 1.46. The number of ether oxygens (including phenoxy) is 1. The van der Waals surface area contributed by atoms with E-state index < -0.39 is 0 Å². The molecule has 0 atom stereocenters. The number of hydrogen-bond acceptors (Lipinski definition) is 3. The summed E-state index contributed by atoms with van der Waals surface area (Å²) in [7, 11) is 0. The van der Waals surface area contributed by atoms with Gasteiger partial charge in [-0.15, -0.1) is 0 Å². The SMILES string of the molecule is CCOc1ccc(NCCC(=O)N2CCc3ccccc3C2)cc1. The lowest BCUT2D eigenvalue weighted by Crippen LogP contribution is -2.36. The van der Waals surface area contributed by atoms with Crippen molar-refractivity contribution in [3.8, 4) is 5.75 Å². The number of hydrogen-bond donors (Lipinski definition) is 1. The highest BCUT2D eigenvalue weighted by Crippen LogP contribution is 2.19. The van der Waals surface area contributed by atoms with Crippen molar-refractivity contribution in [1.82, 2.24) is 4.90 Å². The first-order valence-corrected chi connectivity index (χ1v) is 8.57. The summed E-state index contributed by atoms with van der Waals surface area (Å²) in [5, 5.41) is 3.30. The molecule has 0 saturated carbocycles. The summed E-state index contributed by atoms with van der Waals surface area (Å²) in [4.78, 5) is 14.4. The van der Waals surface area contributed by atoms with Crippen LogP contribution in [0.4, 0.5) is 5.69 Å². The van der Waals surface area contributed by atoms with Gasteiger partial charge in [0.05, 0.1) is 6.61 Å². The molecule has 0 unspecified atom stereocenters. The molecule has 2 aromatic rings. The molecule has 3 rings (SSSR count). The molecule has 0 aliphatic carbocycles. The van der Waals surface area contributed by atoms with E-state index in [0.29, 0.717) is 19.6 Å². The van der Waals surface area contributed by atoms with Crippen molar-refractivity contribution in [2.75, 3.05) is 25.0 Å². The maximum absolute atomic E-state index is 12.4. The van der Waals surface area contributed by atoms with Crippen molar-refractivity contribution in [2.24, 2.45) is 0 Å². The highest BCUT2D eigenvalue weighted by molar-refractivity contribution is 5.77. The number of amides is 1. The van der Waals surface area contributed by atoms with Gasteiger partial charge in [-0.3, -0.25) is 4.79 Å². The molecule has 0 spiro atoms. The van der Waals surface area contributed by atoms with Crippen LogP contribution < -0.4 is 10.1 Å². The highest BCUT2D eigenvalue weighted by atomic mass is 16.5. The number of nitrogens with zero attached hydrogens (tertiary/aromatic N) is 1. The van der Waals surface area contributed by atoms with Gasteiger partial charge in [-0.05, 0) is 48.7 Å². The van der Waals surface area contributed by atoms with Gasteiger partial charge in [0.2, 0.25) is 5.91 Å². The van der Waals surface area contributed by atoms with E-state index in [9.17, 15) is 4.79 Å². The number of carbonyl (C=O) groups excluding carboxylic acids is 1. The number of benzene rings is 2. The lowest BCUT2D eigenvalue weighted by atomic mass is 10.00. The van der Waals surface area contributed by atoms with Crippen LogP contribution in [-0.4, -0.2) is 30.5 Å². The topological polar surface area (TPSA) is 41.6 Å². The summed E-state index contributed by atoms with van der Waals surface area (Å²) < 4.78 is 5.42. The third-order valence-electron chi connectivity index (χ3n) is 4.32. The van der Waals surface area contributed by atoms with Crippen LogP contribution in [0.1, 0.15) is 24.5 Å². The number of anilines is 1. The third-order valence-corrected chi connectivity index (χ3v) is 4.32. The Bertz CT molecular complexity index is 682. The minimum Gasteiger partial charge on any atom is -0.494 e. The molecule has 0 fully saturated rings. The maximum Gasteiger partial charge on any atom is 0.224 e. The number of fused-ring (bicyclic) bond motifs is 1. The number of rotatable bonds is 6. The predicted molar refractivity (Wildman–Crippen MR) is 96.3 cm³/mol. The van der Waals surface area contributed by atoms with Gasteiger partial charge >= 0.3 is 0 Å². The van der Waals surface area contributed by atoms with Crippen LogP contribution in [0, 0.1) is 0 Å². The Morgan fingerprint density at radius 3 is 2.62 bits per heavy atom. The van der Waals surface area contributed by atoms with Crippen molar-refractivity contribution < 1.29 is 9.53 Å². The second-order valence-corrected chi connectivity index (χ2v) is 5.97. The fourth-order valence-corrected chi connectivity index (χ4v) is 3.02. The minimum atomic E-state index is 0.211. The monoisotopic (exact) mass is 324 g/mol. The Kier molecular flexibility index (Phi) is 5.36. The normalized spacial score (nSPS) is 13.3. The molecular formula is C20H24N2O2. The van der Waals surface area contributed by atoms with Crippen LogP contribution in [0.25, 0.3) is 0 Å². The fourth-order valence-electron chi connectivity index (χ4n) is 3.02. The molecule has 4 heteroatoms. The Labute approximate surface area is 143 Å². The maximum atomic E-state index is 12.4. The van der Waals surface area contributed by atoms with Crippen molar-refractivity contribution in [1.29, 1.82) is 0 Å². The molecule has 126 valence electrons. The van der Waals surface area contributed by atoms with Crippen LogP contribution in [0.3, 0.4) is 0 Å². The molecule has 1 heterocycles. The first-order chi connectivity index (χ1) is 11.8. The van der Waals surface area contributed by atoms with Crippen molar-refractivity contribution in [2.45, 2.75) is 26.3 Å². The van der Waals surface area contributed by atoms with Crippen molar-refractivity contribution in [3.63, 3.8) is 0 Å². The Hall–Kier alpha value is -2.49. The van der Waals surface area contributed by atoms with E-state index >= 15 is 0 Å². The van der Waals surface area contributed by atoms with Crippen molar-refractivity contribution >= 4 is 11.6 Å². The molecule has 4 nitrogen and oxygen atoms in total. The summed E-state index contributed by atoms with van der Waals surface area (Å²) in [5.74, 6) is 1.08. The summed E-state index contributed by atoms with van der Waals surface area (Å²) in [6, 6.07) is 16.2. The van der Waals surface area contributed by atoms with Crippen molar-refractivity contribution in [3.05, 3.63) is 59.7 Å². The molecule has 0 aromatic heterocycles. The largest absolute Gasteiger partial charge is 0.494 e.